The molecular formula is C13H14N2O3. The number of hydrogen-bond acceptors (Lipinski definition) is 4. The van der Waals surface area contributed by atoms with E-state index in [0.717, 1.165) is 10.9 Å². The minimum Gasteiger partial charge on any atom is -0.466 e. The van der Waals surface area contributed by atoms with Crippen LogP contribution in [0.15, 0.2) is 24.4 Å². The van der Waals surface area contributed by atoms with E-state index in [1.54, 1.807) is 29.9 Å². The number of ether oxygens (including phenoxy) is 1. The average Bonchev–Trinajstić information content (AvgIpc) is 2.71. The highest BCUT2D eigenvalue weighted by Gasteiger charge is 2.13. The summed E-state index contributed by atoms with van der Waals surface area (Å²) in [5.41, 5.74) is 1.45. The molecule has 0 amide bonds. The van der Waals surface area contributed by atoms with E-state index in [2.05, 4.69) is 5.10 Å². The first-order chi connectivity index (χ1) is 8.61. The van der Waals surface area contributed by atoms with E-state index in [0.29, 0.717) is 5.56 Å². The number of esters is 1. The molecule has 0 N–H and O–H groups in total. The van der Waals surface area contributed by atoms with Crippen molar-refractivity contribution in [3.63, 3.8) is 0 Å². The standard InChI is InChI=1S/C13H14N2O3/c1-3-18-13(17)7-12(16)9-4-5-11-10(6-9)8-14-15(11)2/h4-6,8H,3,7H2,1-2H3. The second-order valence-electron chi connectivity index (χ2n) is 3.95. The highest BCUT2D eigenvalue weighted by Crippen LogP contribution is 2.16. The van der Waals surface area contributed by atoms with Gasteiger partial charge in [-0.3, -0.25) is 14.3 Å². The molecule has 5 heteroatoms. The Morgan fingerprint density at radius 2 is 2.17 bits per heavy atom. The predicted octanol–water partition coefficient (Wildman–Crippen LogP) is 1.71. The van der Waals surface area contributed by atoms with Crippen LogP contribution in [0.5, 0.6) is 0 Å². The fourth-order valence-corrected chi connectivity index (χ4v) is 1.78. The lowest BCUT2D eigenvalue weighted by Gasteiger charge is -2.02. The van der Waals surface area contributed by atoms with E-state index < -0.39 is 5.97 Å². The van der Waals surface area contributed by atoms with Gasteiger partial charge in [0.1, 0.15) is 6.42 Å². The van der Waals surface area contributed by atoms with Gasteiger partial charge < -0.3 is 4.74 Å². The van der Waals surface area contributed by atoms with Gasteiger partial charge in [0.2, 0.25) is 0 Å². The smallest absolute Gasteiger partial charge is 0.313 e. The summed E-state index contributed by atoms with van der Waals surface area (Å²) in [4.78, 5) is 23.1. The largest absolute Gasteiger partial charge is 0.466 e. The molecule has 2 aromatic rings. The Morgan fingerprint density at radius 1 is 1.39 bits per heavy atom. The van der Waals surface area contributed by atoms with E-state index in [4.69, 9.17) is 4.74 Å². The first-order valence-electron chi connectivity index (χ1n) is 5.72. The van der Waals surface area contributed by atoms with Crippen LogP contribution in [0.3, 0.4) is 0 Å². The van der Waals surface area contributed by atoms with E-state index in [1.165, 1.54) is 0 Å². The maximum absolute atomic E-state index is 11.9. The number of rotatable bonds is 4. The quantitative estimate of drug-likeness (QED) is 0.468. The van der Waals surface area contributed by atoms with Crippen LogP contribution in [0.1, 0.15) is 23.7 Å². The maximum Gasteiger partial charge on any atom is 0.313 e. The van der Waals surface area contributed by atoms with Gasteiger partial charge in [0.05, 0.1) is 18.3 Å². The normalized spacial score (nSPS) is 10.6. The van der Waals surface area contributed by atoms with Crippen LogP contribution in [-0.2, 0) is 16.6 Å². The van der Waals surface area contributed by atoms with Gasteiger partial charge in [-0.15, -0.1) is 0 Å². The third kappa shape index (κ3) is 2.40. The van der Waals surface area contributed by atoms with Crippen molar-refractivity contribution in [3.05, 3.63) is 30.0 Å². The molecule has 0 saturated heterocycles. The van der Waals surface area contributed by atoms with Crippen LogP contribution in [0.4, 0.5) is 0 Å². The SMILES string of the molecule is CCOC(=O)CC(=O)c1ccc2c(cnn2C)c1. The highest BCUT2D eigenvalue weighted by atomic mass is 16.5. The molecule has 2 rings (SSSR count). The van der Waals surface area contributed by atoms with Crippen LogP contribution in [0.2, 0.25) is 0 Å². The lowest BCUT2D eigenvalue weighted by atomic mass is 10.1. The summed E-state index contributed by atoms with van der Waals surface area (Å²) in [5, 5.41) is 4.98. The molecule has 0 aliphatic carbocycles. The number of nitrogens with zero attached hydrogens (tertiary/aromatic N) is 2. The maximum atomic E-state index is 11.9. The molecule has 18 heavy (non-hydrogen) atoms. The number of carbonyl (C=O) groups is 2. The second-order valence-corrected chi connectivity index (χ2v) is 3.95. The average molecular weight is 246 g/mol. The topological polar surface area (TPSA) is 61.2 Å². The third-order valence-corrected chi connectivity index (χ3v) is 2.68. The van der Waals surface area contributed by atoms with Gasteiger partial charge >= 0.3 is 5.97 Å². The number of fused-ring (bicyclic) bond motifs is 1. The first kappa shape index (κ1) is 12.3. The van der Waals surface area contributed by atoms with Crippen LogP contribution >= 0.6 is 0 Å². The molecule has 0 aliphatic heterocycles. The number of aromatic nitrogens is 2. The van der Waals surface area contributed by atoms with Crippen molar-refractivity contribution in [3.8, 4) is 0 Å². The van der Waals surface area contributed by atoms with Crippen molar-refractivity contribution in [1.29, 1.82) is 0 Å². The molecule has 0 bridgehead atoms. The molecule has 0 radical (unpaired) electrons. The van der Waals surface area contributed by atoms with Gasteiger partial charge in [-0.25, -0.2) is 0 Å². The Hall–Kier alpha value is -2.17. The minimum absolute atomic E-state index is 0.223. The lowest BCUT2D eigenvalue weighted by Crippen LogP contribution is -2.11. The Labute approximate surface area is 104 Å². The molecule has 0 fully saturated rings. The fraction of sp³-hybridized carbons (Fsp3) is 0.308. The van der Waals surface area contributed by atoms with E-state index >= 15 is 0 Å². The van der Waals surface area contributed by atoms with Crippen molar-refractivity contribution >= 4 is 22.7 Å². The van der Waals surface area contributed by atoms with Crippen LogP contribution < -0.4 is 0 Å². The summed E-state index contributed by atoms with van der Waals surface area (Å²) < 4.78 is 6.48. The van der Waals surface area contributed by atoms with Crippen molar-refractivity contribution < 1.29 is 14.3 Å². The molecule has 1 aromatic carbocycles. The number of aryl methyl sites for hydroxylation is 1. The zero-order valence-electron chi connectivity index (χ0n) is 10.3. The van der Waals surface area contributed by atoms with Gasteiger partial charge in [-0.2, -0.15) is 5.10 Å². The molecular weight excluding hydrogens is 232 g/mol. The monoisotopic (exact) mass is 246 g/mol. The van der Waals surface area contributed by atoms with Crippen molar-refractivity contribution in [2.75, 3.05) is 6.61 Å². The Balaban J connectivity index is 2.20. The van der Waals surface area contributed by atoms with Gasteiger partial charge in [-0.05, 0) is 25.1 Å². The zero-order chi connectivity index (χ0) is 13.1. The molecule has 0 spiro atoms. The summed E-state index contributed by atoms with van der Waals surface area (Å²) in [5.74, 6) is -0.729. The van der Waals surface area contributed by atoms with Crippen molar-refractivity contribution in [2.24, 2.45) is 7.05 Å². The van der Waals surface area contributed by atoms with Crippen LogP contribution in [-0.4, -0.2) is 28.1 Å². The number of Topliss-reactive ketones (excluding diaryl/α,β-unsaturated/α-hetero) is 1. The Kier molecular flexibility index (Phi) is 3.41. The number of ketones is 1. The van der Waals surface area contributed by atoms with E-state index in [1.807, 2.05) is 13.1 Å². The van der Waals surface area contributed by atoms with E-state index in [-0.39, 0.29) is 18.8 Å². The second kappa shape index (κ2) is 5.00. The van der Waals surface area contributed by atoms with Gasteiger partial charge in [-0.1, -0.05) is 0 Å². The molecule has 94 valence electrons. The molecule has 0 unspecified atom stereocenters. The fourth-order valence-electron chi connectivity index (χ4n) is 1.78. The lowest BCUT2D eigenvalue weighted by molar-refractivity contribution is -0.141. The zero-order valence-corrected chi connectivity index (χ0v) is 10.3. The molecule has 1 aromatic heterocycles. The first-order valence-corrected chi connectivity index (χ1v) is 5.72. The predicted molar refractivity (Wildman–Crippen MR) is 66.3 cm³/mol. The Morgan fingerprint density at radius 3 is 2.89 bits per heavy atom. The number of benzene rings is 1. The van der Waals surface area contributed by atoms with E-state index in [9.17, 15) is 9.59 Å². The summed E-state index contributed by atoms with van der Waals surface area (Å²) in [6, 6.07) is 5.26. The molecule has 5 nitrogen and oxygen atoms in total. The van der Waals surface area contributed by atoms with Crippen LogP contribution in [0, 0.1) is 0 Å². The summed E-state index contributed by atoms with van der Waals surface area (Å²) in [6.07, 6.45) is 1.47. The number of carbonyl (C=O) groups excluding carboxylic acids is 2. The number of hydrogen-bond donors (Lipinski definition) is 0. The van der Waals surface area contributed by atoms with Crippen LogP contribution in [0.25, 0.3) is 10.9 Å². The molecule has 0 atom stereocenters. The van der Waals surface area contributed by atoms with Crippen molar-refractivity contribution in [2.45, 2.75) is 13.3 Å². The molecule has 0 aliphatic rings. The Bertz CT molecular complexity index is 601. The third-order valence-electron chi connectivity index (χ3n) is 2.68. The molecule has 0 saturated carbocycles. The van der Waals surface area contributed by atoms with Gasteiger partial charge in [0, 0.05) is 18.0 Å². The molecule has 1 heterocycles. The van der Waals surface area contributed by atoms with Crippen molar-refractivity contribution in [1.82, 2.24) is 9.78 Å². The summed E-state index contributed by atoms with van der Waals surface area (Å²) in [6.45, 7) is 2.00. The van der Waals surface area contributed by atoms with Gasteiger partial charge in [0.15, 0.2) is 5.78 Å². The minimum atomic E-state index is -0.492. The van der Waals surface area contributed by atoms with Gasteiger partial charge in [0.25, 0.3) is 0 Å². The summed E-state index contributed by atoms with van der Waals surface area (Å²) in [7, 11) is 1.84. The highest BCUT2D eigenvalue weighted by molar-refractivity contribution is 6.07. The summed E-state index contributed by atoms with van der Waals surface area (Å²) >= 11 is 0.